The number of carbonyl (C=O) groups excluding carboxylic acids is 1. The molecule has 0 spiro atoms. The van der Waals surface area contributed by atoms with Gasteiger partial charge in [-0.1, -0.05) is 18.2 Å². The highest BCUT2D eigenvalue weighted by Crippen LogP contribution is 2.19. The third-order valence-corrected chi connectivity index (χ3v) is 4.61. The largest absolute Gasteiger partial charge is 0.397 e. The minimum Gasteiger partial charge on any atom is -0.397 e. The van der Waals surface area contributed by atoms with Gasteiger partial charge >= 0.3 is 0 Å². The van der Waals surface area contributed by atoms with Gasteiger partial charge in [-0.15, -0.1) is 0 Å². The van der Waals surface area contributed by atoms with Crippen molar-refractivity contribution < 1.29 is 4.79 Å². The Morgan fingerprint density at radius 1 is 1.00 bits per heavy atom. The molecule has 1 fully saturated rings. The molecule has 132 valence electrons. The molecule has 0 saturated carbocycles. The number of carbonyl (C=O) groups is 1. The number of anilines is 2. The number of para-hydroxylation sites is 1. The fraction of sp³-hybridized carbons (Fsp3) is 0.263. The van der Waals surface area contributed by atoms with Crippen molar-refractivity contribution in [2.75, 3.05) is 36.8 Å². The number of benzene rings is 1. The van der Waals surface area contributed by atoms with Crippen LogP contribution in [0.1, 0.15) is 5.69 Å². The van der Waals surface area contributed by atoms with Gasteiger partial charge in [-0.05, 0) is 18.2 Å². The van der Waals surface area contributed by atoms with Crippen LogP contribution in [0.15, 0.2) is 48.8 Å². The molecule has 0 atom stereocenters. The zero-order valence-electron chi connectivity index (χ0n) is 14.4. The summed E-state index contributed by atoms with van der Waals surface area (Å²) in [5.41, 5.74) is 8.12. The molecule has 0 radical (unpaired) electrons. The molecule has 7 heteroatoms. The first-order valence-electron chi connectivity index (χ1n) is 8.64. The maximum absolute atomic E-state index is 12.6. The maximum atomic E-state index is 12.6. The van der Waals surface area contributed by atoms with E-state index in [1.165, 1.54) is 0 Å². The van der Waals surface area contributed by atoms with Gasteiger partial charge in [0.2, 0.25) is 11.9 Å². The van der Waals surface area contributed by atoms with Crippen LogP contribution in [0.25, 0.3) is 10.9 Å². The van der Waals surface area contributed by atoms with Crippen molar-refractivity contribution in [2.45, 2.75) is 6.42 Å². The van der Waals surface area contributed by atoms with E-state index >= 15 is 0 Å². The van der Waals surface area contributed by atoms with Crippen LogP contribution in [0.2, 0.25) is 0 Å². The van der Waals surface area contributed by atoms with Crippen LogP contribution in [-0.2, 0) is 11.2 Å². The lowest BCUT2D eigenvalue weighted by molar-refractivity contribution is -0.130. The van der Waals surface area contributed by atoms with Gasteiger partial charge in [0.1, 0.15) is 0 Å². The Morgan fingerprint density at radius 2 is 1.77 bits per heavy atom. The summed E-state index contributed by atoms with van der Waals surface area (Å²) in [6.07, 6.45) is 3.75. The van der Waals surface area contributed by atoms with Gasteiger partial charge in [-0.3, -0.25) is 9.78 Å². The Labute approximate surface area is 151 Å². The summed E-state index contributed by atoms with van der Waals surface area (Å²) < 4.78 is 0. The lowest BCUT2D eigenvalue weighted by atomic mass is 10.1. The van der Waals surface area contributed by atoms with Crippen LogP contribution in [0, 0.1) is 0 Å². The van der Waals surface area contributed by atoms with E-state index in [-0.39, 0.29) is 12.3 Å². The highest BCUT2D eigenvalue weighted by molar-refractivity contribution is 5.89. The number of aromatic nitrogens is 3. The molecule has 4 rings (SSSR count). The van der Waals surface area contributed by atoms with Gasteiger partial charge < -0.3 is 15.5 Å². The summed E-state index contributed by atoms with van der Waals surface area (Å²) >= 11 is 0. The van der Waals surface area contributed by atoms with Crippen molar-refractivity contribution in [3.8, 4) is 0 Å². The predicted octanol–water partition coefficient (Wildman–Crippen LogP) is 1.50. The Bertz CT molecular complexity index is 922. The average Bonchev–Trinajstić information content (AvgIpc) is 2.69. The molecule has 0 unspecified atom stereocenters. The third-order valence-electron chi connectivity index (χ3n) is 4.61. The first-order valence-corrected chi connectivity index (χ1v) is 8.64. The Balaban J connectivity index is 1.41. The number of piperazine rings is 1. The van der Waals surface area contributed by atoms with Crippen LogP contribution in [0.4, 0.5) is 11.6 Å². The Hall–Kier alpha value is -3.22. The molecule has 7 nitrogen and oxygen atoms in total. The first kappa shape index (κ1) is 16.3. The Morgan fingerprint density at radius 3 is 2.54 bits per heavy atom. The zero-order chi connectivity index (χ0) is 17.9. The second kappa shape index (κ2) is 6.95. The van der Waals surface area contributed by atoms with E-state index in [9.17, 15) is 4.79 Å². The first-order chi connectivity index (χ1) is 12.7. The van der Waals surface area contributed by atoms with Crippen LogP contribution in [-0.4, -0.2) is 51.9 Å². The minimum atomic E-state index is 0.0833. The smallest absolute Gasteiger partial charge is 0.228 e. The molecule has 2 aromatic heterocycles. The molecule has 26 heavy (non-hydrogen) atoms. The summed E-state index contributed by atoms with van der Waals surface area (Å²) in [7, 11) is 0. The number of nitrogens with zero attached hydrogens (tertiary/aromatic N) is 5. The number of hydrogen-bond acceptors (Lipinski definition) is 6. The number of amides is 1. The second-order valence-electron chi connectivity index (χ2n) is 6.31. The van der Waals surface area contributed by atoms with Gasteiger partial charge in [-0.25, -0.2) is 9.97 Å². The van der Waals surface area contributed by atoms with Crippen LogP contribution in [0.5, 0.6) is 0 Å². The molecular formula is C19H20N6O. The quantitative estimate of drug-likeness (QED) is 0.722. The summed E-state index contributed by atoms with van der Waals surface area (Å²) in [4.78, 5) is 29.7. The van der Waals surface area contributed by atoms with Gasteiger partial charge in [0, 0.05) is 44.0 Å². The summed E-state index contributed by atoms with van der Waals surface area (Å²) in [5, 5.41) is 0.984. The normalized spacial score (nSPS) is 14.6. The molecule has 1 aliphatic heterocycles. The van der Waals surface area contributed by atoms with Crippen LogP contribution >= 0.6 is 0 Å². The predicted molar refractivity (Wildman–Crippen MR) is 101 cm³/mol. The standard InChI is InChI=1S/C19H20N6O/c20-16-4-1-3-14-5-6-15(23-18(14)16)13-17(26)24-9-11-25(12-10-24)19-21-7-2-8-22-19/h1-8H,9-13,20H2. The van der Waals surface area contributed by atoms with E-state index in [2.05, 4.69) is 19.9 Å². The van der Waals surface area contributed by atoms with Gasteiger partial charge in [0.25, 0.3) is 0 Å². The molecule has 2 N–H and O–H groups in total. The van der Waals surface area contributed by atoms with E-state index in [1.54, 1.807) is 18.5 Å². The molecule has 3 heterocycles. The van der Waals surface area contributed by atoms with Crippen molar-refractivity contribution >= 4 is 28.4 Å². The van der Waals surface area contributed by atoms with E-state index in [4.69, 9.17) is 5.73 Å². The minimum absolute atomic E-state index is 0.0833. The number of fused-ring (bicyclic) bond motifs is 1. The topological polar surface area (TPSA) is 88.2 Å². The van der Waals surface area contributed by atoms with Crippen molar-refractivity contribution in [3.63, 3.8) is 0 Å². The van der Waals surface area contributed by atoms with Crippen LogP contribution in [0.3, 0.4) is 0 Å². The molecule has 1 amide bonds. The number of nitrogens with two attached hydrogens (primary N) is 1. The number of hydrogen-bond donors (Lipinski definition) is 1. The number of pyridine rings is 1. The highest BCUT2D eigenvalue weighted by Gasteiger charge is 2.22. The fourth-order valence-electron chi connectivity index (χ4n) is 3.19. The molecule has 1 aliphatic rings. The second-order valence-corrected chi connectivity index (χ2v) is 6.31. The number of rotatable bonds is 3. The Kier molecular flexibility index (Phi) is 4.35. The molecule has 1 saturated heterocycles. The van der Waals surface area contributed by atoms with Gasteiger partial charge in [-0.2, -0.15) is 0 Å². The van der Waals surface area contributed by atoms with E-state index in [1.807, 2.05) is 35.2 Å². The monoisotopic (exact) mass is 348 g/mol. The van der Waals surface area contributed by atoms with Crippen molar-refractivity contribution in [1.29, 1.82) is 0 Å². The lowest BCUT2D eigenvalue weighted by Gasteiger charge is -2.34. The summed E-state index contributed by atoms with van der Waals surface area (Å²) in [5.74, 6) is 0.797. The highest BCUT2D eigenvalue weighted by atomic mass is 16.2. The van der Waals surface area contributed by atoms with Crippen molar-refractivity contribution in [2.24, 2.45) is 0 Å². The SMILES string of the molecule is Nc1cccc2ccc(CC(=O)N3CCN(c4ncccn4)CC3)nc12. The zero-order valence-corrected chi connectivity index (χ0v) is 14.4. The van der Waals surface area contributed by atoms with Crippen molar-refractivity contribution in [1.82, 2.24) is 19.9 Å². The molecular weight excluding hydrogens is 328 g/mol. The van der Waals surface area contributed by atoms with Crippen molar-refractivity contribution in [3.05, 3.63) is 54.5 Å². The fourth-order valence-corrected chi connectivity index (χ4v) is 3.19. The molecule has 1 aromatic carbocycles. The average molecular weight is 348 g/mol. The number of nitrogen functional groups attached to an aromatic ring is 1. The van der Waals surface area contributed by atoms with E-state index in [0.29, 0.717) is 24.7 Å². The summed E-state index contributed by atoms with van der Waals surface area (Å²) in [6, 6.07) is 11.4. The van der Waals surface area contributed by atoms with Gasteiger partial charge in [0.05, 0.1) is 23.3 Å². The van der Waals surface area contributed by atoms with Gasteiger partial charge in [0.15, 0.2) is 0 Å². The molecule has 0 bridgehead atoms. The lowest BCUT2D eigenvalue weighted by Crippen LogP contribution is -2.49. The van der Waals surface area contributed by atoms with E-state index in [0.717, 1.165) is 29.7 Å². The van der Waals surface area contributed by atoms with E-state index < -0.39 is 0 Å². The maximum Gasteiger partial charge on any atom is 0.228 e. The summed E-state index contributed by atoms with van der Waals surface area (Å²) in [6.45, 7) is 2.78. The van der Waals surface area contributed by atoms with Crippen LogP contribution < -0.4 is 10.6 Å². The molecule has 3 aromatic rings. The third kappa shape index (κ3) is 3.28. The molecule has 0 aliphatic carbocycles.